The zero-order valence-electron chi connectivity index (χ0n) is 14.1. The minimum atomic E-state index is -0.693. The molecule has 0 spiro atoms. The van der Waals surface area contributed by atoms with Gasteiger partial charge in [0.2, 0.25) is 0 Å². The molecule has 1 saturated carbocycles. The first-order chi connectivity index (χ1) is 10.7. The van der Waals surface area contributed by atoms with Crippen LogP contribution in [0.3, 0.4) is 0 Å². The van der Waals surface area contributed by atoms with Crippen LogP contribution in [0.4, 0.5) is 0 Å². The third kappa shape index (κ3) is 6.71. The molecule has 1 aliphatic carbocycles. The zero-order chi connectivity index (χ0) is 15.8. The van der Waals surface area contributed by atoms with E-state index in [0.29, 0.717) is 18.3 Å². The topological polar surface area (TPSA) is 69.8 Å². The number of halogens is 1. The van der Waals surface area contributed by atoms with Crippen LogP contribution in [-0.4, -0.2) is 30.2 Å². The summed E-state index contributed by atoms with van der Waals surface area (Å²) >= 11 is 0. The maximum Gasteiger partial charge on any atom is 0.191 e. The molecule has 2 rings (SSSR count). The fourth-order valence-corrected chi connectivity index (χ4v) is 2.98. The number of aliphatic hydroxyl groups is 1. The highest BCUT2D eigenvalue weighted by Gasteiger charge is 2.20. The number of aliphatic imine (C=N–C) groups is 1. The fourth-order valence-electron chi connectivity index (χ4n) is 2.98. The van der Waals surface area contributed by atoms with E-state index >= 15 is 0 Å². The van der Waals surface area contributed by atoms with Crippen LogP contribution in [0.15, 0.2) is 27.8 Å². The summed E-state index contributed by atoms with van der Waals surface area (Å²) in [7, 11) is 0. The van der Waals surface area contributed by atoms with Gasteiger partial charge < -0.3 is 20.2 Å². The first-order valence-electron chi connectivity index (χ1n) is 8.49. The number of nitrogens with one attached hydrogen (secondary N) is 2. The Bertz CT molecular complexity index is 443. The summed E-state index contributed by atoms with van der Waals surface area (Å²) < 4.78 is 5.20. The molecule has 0 radical (unpaired) electrons. The summed E-state index contributed by atoms with van der Waals surface area (Å²) in [6.45, 7) is 5.44. The number of aliphatic hydroxyl groups excluding tert-OH is 1. The van der Waals surface area contributed by atoms with Gasteiger partial charge in [-0.2, -0.15) is 0 Å². The van der Waals surface area contributed by atoms with Crippen molar-refractivity contribution in [2.75, 3.05) is 13.1 Å². The molecule has 1 unspecified atom stereocenters. The van der Waals surface area contributed by atoms with E-state index < -0.39 is 6.10 Å². The van der Waals surface area contributed by atoms with Gasteiger partial charge in [-0.1, -0.05) is 13.3 Å². The molecule has 5 nitrogen and oxygen atoms in total. The van der Waals surface area contributed by atoms with Crippen LogP contribution in [-0.2, 0) is 0 Å². The maximum atomic E-state index is 10.0. The summed E-state index contributed by atoms with van der Waals surface area (Å²) in [5.74, 6) is 2.23. The minimum absolute atomic E-state index is 0. The van der Waals surface area contributed by atoms with E-state index in [4.69, 9.17) is 4.42 Å². The molecule has 1 aromatic rings. The van der Waals surface area contributed by atoms with Crippen LogP contribution in [0.5, 0.6) is 0 Å². The Morgan fingerprint density at radius 3 is 2.65 bits per heavy atom. The molecule has 1 aromatic heterocycles. The lowest BCUT2D eigenvalue weighted by molar-refractivity contribution is 0.158. The molecular formula is C17H30IN3O2. The second kappa shape index (κ2) is 10.9. The lowest BCUT2D eigenvalue weighted by Crippen LogP contribution is -2.45. The Hall–Kier alpha value is -0.760. The summed E-state index contributed by atoms with van der Waals surface area (Å²) in [6.07, 6.45) is 7.15. The second-order valence-electron chi connectivity index (χ2n) is 6.02. The van der Waals surface area contributed by atoms with Gasteiger partial charge in [0, 0.05) is 12.6 Å². The van der Waals surface area contributed by atoms with Gasteiger partial charge in [0.1, 0.15) is 11.9 Å². The molecule has 1 heterocycles. The van der Waals surface area contributed by atoms with Crippen molar-refractivity contribution in [2.45, 2.75) is 58.1 Å². The van der Waals surface area contributed by atoms with Crippen molar-refractivity contribution < 1.29 is 9.52 Å². The Morgan fingerprint density at radius 1 is 1.35 bits per heavy atom. The number of hydrogen-bond donors (Lipinski definition) is 3. The monoisotopic (exact) mass is 435 g/mol. The number of furan rings is 1. The van der Waals surface area contributed by atoms with E-state index in [1.165, 1.54) is 32.1 Å². The molecule has 1 aliphatic rings. The van der Waals surface area contributed by atoms with Crippen molar-refractivity contribution in [1.82, 2.24) is 10.6 Å². The summed E-state index contributed by atoms with van der Waals surface area (Å²) in [5.41, 5.74) is 0. The highest BCUT2D eigenvalue weighted by atomic mass is 127. The predicted molar refractivity (Wildman–Crippen MR) is 104 cm³/mol. The molecule has 6 heteroatoms. The Labute approximate surface area is 156 Å². The van der Waals surface area contributed by atoms with Gasteiger partial charge in [-0.15, -0.1) is 24.0 Å². The normalized spacial score (nSPS) is 23.0. The molecule has 132 valence electrons. The summed E-state index contributed by atoms with van der Waals surface area (Å²) in [4.78, 5) is 4.49. The number of rotatable bonds is 6. The molecule has 0 saturated heterocycles. The first-order valence-corrected chi connectivity index (χ1v) is 8.49. The van der Waals surface area contributed by atoms with Crippen LogP contribution < -0.4 is 10.6 Å². The largest absolute Gasteiger partial charge is 0.467 e. The molecule has 23 heavy (non-hydrogen) atoms. The van der Waals surface area contributed by atoms with Crippen molar-refractivity contribution in [1.29, 1.82) is 0 Å². The Kier molecular flexibility index (Phi) is 9.62. The molecule has 3 N–H and O–H groups in total. The average molecular weight is 435 g/mol. The molecule has 0 amide bonds. The van der Waals surface area contributed by atoms with Crippen molar-refractivity contribution in [3.63, 3.8) is 0 Å². The highest BCUT2D eigenvalue weighted by Crippen LogP contribution is 2.26. The number of nitrogens with zero attached hydrogens (tertiary/aromatic N) is 1. The third-order valence-electron chi connectivity index (χ3n) is 4.40. The quantitative estimate of drug-likeness (QED) is 0.364. The Morgan fingerprint density at radius 2 is 2.09 bits per heavy atom. The van der Waals surface area contributed by atoms with E-state index in [2.05, 4.69) is 22.5 Å². The van der Waals surface area contributed by atoms with E-state index in [-0.39, 0.29) is 24.0 Å². The van der Waals surface area contributed by atoms with Crippen LogP contribution in [0.25, 0.3) is 0 Å². The van der Waals surface area contributed by atoms with Crippen LogP contribution >= 0.6 is 24.0 Å². The maximum absolute atomic E-state index is 10.0. The van der Waals surface area contributed by atoms with Crippen LogP contribution in [0.2, 0.25) is 0 Å². The standard InChI is InChI=1S/C17H29N3O2.HI/c1-3-13-7-9-14(10-8-13)20-17(18-4-2)19-12-15(21)16-6-5-11-22-16;/h5-6,11,13-15,21H,3-4,7-10,12H2,1-2H3,(H2,18,19,20);1H. The molecular weight excluding hydrogens is 405 g/mol. The lowest BCUT2D eigenvalue weighted by Gasteiger charge is -2.29. The van der Waals surface area contributed by atoms with Gasteiger partial charge >= 0.3 is 0 Å². The van der Waals surface area contributed by atoms with Gasteiger partial charge in [-0.3, -0.25) is 4.99 Å². The van der Waals surface area contributed by atoms with Crippen LogP contribution in [0.1, 0.15) is 57.8 Å². The molecule has 1 atom stereocenters. The number of hydrogen-bond acceptors (Lipinski definition) is 3. The summed E-state index contributed by atoms with van der Waals surface area (Å²) in [6, 6.07) is 4.03. The van der Waals surface area contributed by atoms with Gasteiger partial charge in [0.05, 0.1) is 12.8 Å². The van der Waals surface area contributed by atoms with Crippen molar-refractivity contribution in [2.24, 2.45) is 10.9 Å². The van der Waals surface area contributed by atoms with Gasteiger partial charge in [0.25, 0.3) is 0 Å². The van der Waals surface area contributed by atoms with E-state index in [1.54, 1.807) is 18.4 Å². The number of guanidine groups is 1. The van der Waals surface area contributed by atoms with Gasteiger partial charge in [0.15, 0.2) is 5.96 Å². The molecule has 0 aliphatic heterocycles. The van der Waals surface area contributed by atoms with E-state index in [0.717, 1.165) is 18.4 Å². The highest BCUT2D eigenvalue weighted by molar-refractivity contribution is 14.0. The van der Waals surface area contributed by atoms with Gasteiger partial charge in [-0.05, 0) is 50.7 Å². The predicted octanol–water partition coefficient (Wildman–Crippen LogP) is 3.45. The second-order valence-corrected chi connectivity index (χ2v) is 6.02. The van der Waals surface area contributed by atoms with Gasteiger partial charge in [-0.25, -0.2) is 0 Å². The minimum Gasteiger partial charge on any atom is -0.467 e. The smallest absolute Gasteiger partial charge is 0.191 e. The van der Waals surface area contributed by atoms with Crippen molar-refractivity contribution in [3.05, 3.63) is 24.2 Å². The fraction of sp³-hybridized carbons (Fsp3) is 0.706. The molecule has 0 bridgehead atoms. The van der Waals surface area contributed by atoms with Crippen molar-refractivity contribution in [3.8, 4) is 0 Å². The molecule has 1 fully saturated rings. The Balaban J connectivity index is 0.00000264. The first kappa shape index (κ1) is 20.3. The molecule has 0 aromatic carbocycles. The summed E-state index contributed by atoms with van der Waals surface area (Å²) in [5, 5.41) is 16.8. The SMILES string of the molecule is CCNC(=NCC(O)c1ccco1)NC1CCC(CC)CC1.I. The van der Waals surface area contributed by atoms with Crippen molar-refractivity contribution >= 4 is 29.9 Å². The third-order valence-corrected chi connectivity index (χ3v) is 4.40. The van der Waals surface area contributed by atoms with Crippen LogP contribution in [0, 0.1) is 5.92 Å². The van der Waals surface area contributed by atoms with E-state index in [1.807, 2.05) is 6.92 Å². The zero-order valence-corrected chi connectivity index (χ0v) is 16.5. The lowest BCUT2D eigenvalue weighted by atomic mass is 9.84. The van der Waals surface area contributed by atoms with E-state index in [9.17, 15) is 5.11 Å². The average Bonchev–Trinajstić information content (AvgIpc) is 3.08.